The summed E-state index contributed by atoms with van der Waals surface area (Å²) in [5, 5.41) is 3.45. The molecule has 0 fully saturated rings. The van der Waals surface area contributed by atoms with E-state index >= 15 is 0 Å². The summed E-state index contributed by atoms with van der Waals surface area (Å²) in [4.78, 5) is 28.3. The quantitative estimate of drug-likeness (QED) is 0.291. The summed E-state index contributed by atoms with van der Waals surface area (Å²) in [5.41, 5.74) is 1.35. The minimum atomic E-state index is -4.26. The third-order valence-corrected chi connectivity index (χ3v) is 9.06. The van der Waals surface area contributed by atoms with E-state index in [1.54, 1.807) is 37.3 Å². The first kappa shape index (κ1) is 31.4. The van der Waals surface area contributed by atoms with Crippen molar-refractivity contribution < 1.29 is 22.4 Å². The number of sulfonamides is 1. The van der Waals surface area contributed by atoms with Crippen LogP contribution in [0.4, 0.5) is 10.1 Å². The molecule has 0 aromatic heterocycles. The number of rotatable bonds is 11. The van der Waals surface area contributed by atoms with Gasteiger partial charge in [-0.1, -0.05) is 53.9 Å². The summed E-state index contributed by atoms with van der Waals surface area (Å²) in [5.74, 6) is -1.66. The molecule has 11 heteroatoms. The molecule has 0 heterocycles. The summed E-state index contributed by atoms with van der Waals surface area (Å²) < 4.78 is 42.2. The van der Waals surface area contributed by atoms with Crippen molar-refractivity contribution in [2.75, 3.05) is 10.8 Å². The van der Waals surface area contributed by atoms with E-state index in [2.05, 4.69) is 5.32 Å². The average Bonchev–Trinajstić information content (AvgIpc) is 2.91. The first-order valence-corrected chi connectivity index (χ1v) is 14.9. The Morgan fingerprint density at radius 3 is 2.08 bits per heavy atom. The fourth-order valence-corrected chi connectivity index (χ4v) is 5.81. The molecule has 3 aromatic rings. The van der Waals surface area contributed by atoms with Crippen molar-refractivity contribution in [2.45, 2.75) is 57.6 Å². The van der Waals surface area contributed by atoms with Crippen molar-refractivity contribution in [3.8, 4) is 0 Å². The van der Waals surface area contributed by atoms with Gasteiger partial charge in [0, 0.05) is 28.2 Å². The number of nitrogens with zero attached hydrogens (tertiary/aromatic N) is 2. The lowest BCUT2D eigenvalue weighted by atomic mass is 10.1. The molecule has 1 N–H and O–H groups in total. The summed E-state index contributed by atoms with van der Waals surface area (Å²) >= 11 is 12.8. The van der Waals surface area contributed by atoms with Crippen LogP contribution in [0.1, 0.15) is 38.3 Å². The van der Waals surface area contributed by atoms with Gasteiger partial charge in [0.1, 0.15) is 18.4 Å². The Kier molecular flexibility index (Phi) is 10.6. The van der Waals surface area contributed by atoms with Gasteiger partial charge in [0.2, 0.25) is 11.8 Å². The highest BCUT2D eigenvalue weighted by Crippen LogP contribution is 2.28. The first-order chi connectivity index (χ1) is 18.8. The van der Waals surface area contributed by atoms with Gasteiger partial charge in [-0.25, -0.2) is 12.8 Å². The van der Waals surface area contributed by atoms with Crippen LogP contribution in [0.5, 0.6) is 0 Å². The highest BCUT2D eigenvalue weighted by Gasteiger charge is 2.33. The van der Waals surface area contributed by atoms with Gasteiger partial charge < -0.3 is 10.2 Å². The fraction of sp³-hybridized carbons (Fsp3) is 0.310. The van der Waals surface area contributed by atoms with E-state index in [9.17, 15) is 22.4 Å². The van der Waals surface area contributed by atoms with Gasteiger partial charge >= 0.3 is 0 Å². The van der Waals surface area contributed by atoms with E-state index in [1.807, 2.05) is 20.8 Å². The number of amides is 2. The smallest absolute Gasteiger partial charge is 0.264 e. The first-order valence-electron chi connectivity index (χ1n) is 12.7. The normalized spacial score (nSPS) is 12.9. The summed E-state index contributed by atoms with van der Waals surface area (Å²) in [6.45, 7) is 6.32. The zero-order valence-electron chi connectivity index (χ0n) is 22.7. The monoisotopic (exact) mass is 607 g/mol. The number of halogens is 3. The second kappa shape index (κ2) is 13.5. The van der Waals surface area contributed by atoms with Crippen LogP contribution in [0.25, 0.3) is 0 Å². The summed E-state index contributed by atoms with van der Waals surface area (Å²) in [6, 6.07) is 14.7. The predicted octanol–water partition coefficient (Wildman–Crippen LogP) is 5.97. The molecule has 2 amide bonds. The van der Waals surface area contributed by atoms with Crippen LogP contribution >= 0.6 is 23.2 Å². The molecule has 3 rings (SSSR count). The Bertz CT molecular complexity index is 1430. The molecule has 0 aliphatic heterocycles. The molecule has 7 nitrogen and oxygen atoms in total. The van der Waals surface area contributed by atoms with Gasteiger partial charge in [0.05, 0.1) is 10.6 Å². The molecule has 0 radical (unpaired) electrons. The fourth-order valence-electron chi connectivity index (χ4n) is 3.88. The SMILES string of the molecule is CCC(C)NC(=O)C(C)N(Cc1c(Cl)cccc1Cl)C(=O)CN(c1ccc(F)cc1)S(=O)(=O)c1ccc(C)cc1. The molecule has 0 aliphatic carbocycles. The molecule has 0 saturated carbocycles. The van der Waals surface area contributed by atoms with Gasteiger partial charge in [0.15, 0.2) is 0 Å². The Labute approximate surface area is 244 Å². The molecule has 40 heavy (non-hydrogen) atoms. The van der Waals surface area contributed by atoms with E-state index in [1.165, 1.54) is 29.2 Å². The minimum absolute atomic E-state index is 0.0431. The molecule has 2 unspecified atom stereocenters. The van der Waals surface area contributed by atoms with Gasteiger partial charge in [0.25, 0.3) is 10.0 Å². The van der Waals surface area contributed by atoms with E-state index in [-0.39, 0.29) is 23.2 Å². The van der Waals surface area contributed by atoms with E-state index < -0.39 is 40.2 Å². The summed E-state index contributed by atoms with van der Waals surface area (Å²) in [7, 11) is -4.26. The molecule has 0 aliphatic rings. The Morgan fingerprint density at radius 1 is 0.950 bits per heavy atom. The third-order valence-electron chi connectivity index (χ3n) is 6.56. The van der Waals surface area contributed by atoms with Crippen LogP contribution in [0.2, 0.25) is 10.0 Å². The van der Waals surface area contributed by atoms with E-state index in [0.717, 1.165) is 22.0 Å². The lowest BCUT2D eigenvalue weighted by Gasteiger charge is -2.32. The Morgan fingerprint density at radius 2 is 1.52 bits per heavy atom. The van der Waals surface area contributed by atoms with Crippen molar-refractivity contribution in [2.24, 2.45) is 0 Å². The number of benzene rings is 3. The average molecular weight is 609 g/mol. The highest BCUT2D eigenvalue weighted by molar-refractivity contribution is 7.92. The minimum Gasteiger partial charge on any atom is -0.352 e. The van der Waals surface area contributed by atoms with Crippen molar-refractivity contribution in [1.82, 2.24) is 10.2 Å². The van der Waals surface area contributed by atoms with E-state index in [4.69, 9.17) is 23.2 Å². The molecule has 2 atom stereocenters. The number of anilines is 1. The van der Waals surface area contributed by atoms with Gasteiger partial charge in [-0.15, -0.1) is 0 Å². The predicted molar refractivity (Wildman–Crippen MR) is 156 cm³/mol. The molecule has 0 saturated heterocycles. The van der Waals surface area contributed by atoms with Crippen LogP contribution in [0, 0.1) is 12.7 Å². The third kappa shape index (κ3) is 7.53. The maximum absolute atomic E-state index is 13.9. The highest BCUT2D eigenvalue weighted by atomic mass is 35.5. The van der Waals surface area contributed by atoms with Crippen LogP contribution in [0.15, 0.2) is 71.6 Å². The van der Waals surface area contributed by atoms with Crippen molar-refractivity contribution in [3.63, 3.8) is 0 Å². The van der Waals surface area contributed by atoms with E-state index in [0.29, 0.717) is 22.0 Å². The lowest BCUT2D eigenvalue weighted by Crippen LogP contribution is -2.52. The topological polar surface area (TPSA) is 86.8 Å². The number of aryl methyl sites for hydroxylation is 1. The zero-order valence-corrected chi connectivity index (χ0v) is 25.0. The standard InChI is InChI=1S/C29H32Cl2FN3O4S/c1-5-20(3)33-29(37)21(4)34(17-25-26(30)7-6-8-27(25)31)28(36)18-35(23-13-11-22(32)12-14-23)40(38,39)24-15-9-19(2)10-16-24/h6-16,20-21H,5,17-18H2,1-4H3,(H,33,37). The number of hydrogen-bond donors (Lipinski definition) is 1. The van der Waals surface area contributed by atoms with Gasteiger partial charge in [-0.2, -0.15) is 0 Å². The Balaban J connectivity index is 2.06. The van der Waals surface area contributed by atoms with Gasteiger partial charge in [-0.05, 0) is 75.7 Å². The maximum Gasteiger partial charge on any atom is 0.264 e. The molecular weight excluding hydrogens is 576 g/mol. The number of carbonyl (C=O) groups excluding carboxylic acids is 2. The Hall–Kier alpha value is -3.14. The summed E-state index contributed by atoms with van der Waals surface area (Å²) in [6.07, 6.45) is 0.676. The van der Waals surface area contributed by atoms with Crippen LogP contribution in [-0.2, 0) is 26.2 Å². The molecule has 0 spiro atoms. The maximum atomic E-state index is 13.9. The van der Waals surface area contributed by atoms with Crippen LogP contribution < -0.4 is 9.62 Å². The number of hydrogen-bond acceptors (Lipinski definition) is 4. The lowest BCUT2D eigenvalue weighted by molar-refractivity contribution is -0.139. The molecular formula is C29H32Cl2FN3O4S. The van der Waals surface area contributed by atoms with Crippen molar-refractivity contribution >= 4 is 50.7 Å². The van der Waals surface area contributed by atoms with Crippen molar-refractivity contribution in [3.05, 3.63) is 93.7 Å². The largest absolute Gasteiger partial charge is 0.352 e. The number of carbonyl (C=O) groups is 2. The molecule has 214 valence electrons. The number of nitrogens with one attached hydrogen (secondary N) is 1. The second-order valence-corrected chi connectivity index (χ2v) is 12.2. The van der Waals surface area contributed by atoms with Crippen molar-refractivity contribution in [1.29, 1.82) is 0 Å². The molecule has 0 bridgehead atoms. The van der Waals surface area contributed by atoms with Gasteiger partial charge in [-0.3, -0.25) is 13.9 Å². The van der Waals surface area contributed by atoms with Crippen LogP contribution in [0.3, 0.4) is 0 Å². The second-order valence-electron chi connectivity index (χ2n) is 9.52. The molecule has 3 aromatic carbocycles. The van der Waals surface area contributed by atoms with Crippen LogP contribution in [-0.4, -0.2) is 43.8 Å². The zero-order chi connectivity index (χ0) is 29.6.